The SMILES string of the molecule is CC(C)(C)N1CCN(Cc2ccc(Cl)cc2O)CC1. The van der Waals surface area contributed by atoms with Crippen LogP contribution in [-0.4, -0.2) is 46.6 Å². The third kappa shape index (κ3) is 3.85. The van der Waals surface area contributed by atoms with Crippen molar-refractivity contribution < 1.29 is 5.11 Å². The molecule has 1 aromatic rings. The zero-order valence-electron chi connectivity index (χ0n) is 12.0. The van der Waals surface area contributed by atoms with E-state index in [4.69, 9.17) is 11.6 Å². The molecule has 1 aromatic carbocycles. The summed E-state index contributed by atoms with van der Waals surface area (Å²) in [6.07, 6.45) is 0. The molecule has 1 saturated heterocycles. The van der Waals surface area contributed by atoms with Crippen molar-refractivity contribution in [1.29, 1.82) is 0 Å². The van der Waals surface area contributed by atoms with Crippen LogP contribution < -0.4 is 0 Å². The van der Waals surface area contributed by atoms with Gasteiger partial charge in [-0.05, 0) is 32.9 Å². The molecule has 0 amide bonds. The topological polar surface area (TPSA) is 26.7 Å². The summed E-state index contributed by atoms with van der Waals surface area (Å²) in [7, 11) is 0. The first-order valence-corrected chi connectivity index (χ1v) is 7.19. The molecular weight excluding hydrogens is 260 g/mol. The molecule has 0 aromatic heterocycles. The summed E-state index contributed by atoms with van der Waals surface area (Å²) in [5.41, 5.74) is 1.20. The highest BCUT2D eigenvalue weighted by molar-refractivity contribution is 6.30. The van der Waals surface area contributed by atoms with E-state index in [1.807, 2.05) is 12.1 Å². The molecule has 0 radical (unpaired) electrons. The number of phenols is 1. The number of piperazine rings is 1. The zero-order valence-corrected chi connectivity index (χ0v) is 12.7. The lowest BCUT2D eigenvalue weighted by Gasteiger charge is -2.42. The van der Waals surface area contributed by atoms with Gasteiger partial charge >= 0.3 is 0 Å². The Kier molecular flexibility index (Phi) is 4.39. The predicted molar refractivity (Wildman–Crippen MR) is 79.7 cm³/mol. The quantitative estimate of drug-likeness (QED) is 0.903. The average Bonchev–Trinajstić information content (AvgIpc) is 2.32. The van der Waals surface area contributed by atoms with E-state index in [2.05, 4.69) is 30.6 Å². The number of nitrogens with zero attached hydrogens (tertiary/aromatic N) is 2. The van der Waals surface area contributed by atoms with E-state index in [1.165, 1.54) is 0 Å². The average molecular weight is 283 g/mol. The minimum absolute atomic E-state index is 0.245. The lowest BCUT2D eigenvalue weighted by atomic mass is 10.0. The Labute approximate surface area is 120 Å². The minimum Gasteiger partial charge on any atom is -0.508 e. The predicted octanol–water partition coefficient (Wildman–Crippen LogP) is 2.96. The number of benzene rings is 1. The maximum Gasteiger partial charge on any atom is 0.121 e. The van der Waals surface area contributed by atoms with Gasteiger partial charge in [0.25, 0.3) is 0 Å². The number of hydrogen-bond donors (Lipinski definition) is 1. The number of aromatic hydroxyl groups is 1. The molecule has 4 heteroatoms. The smallest absolute Gasteiger partial charge is 0.121 e. The second-order valence-electron chi connectivity index (χ2n) is 6.21. The summed E-state index contributed by atoms with van der Waals surface area (Å²) in [5.74, 6) is 0.297. The van der Waals surface area contributed by atoms with Gasteiger partial charge in [0.1, 0.15) is 5.75 Å². The monoisotopic (exact) mass is 282 g/mol. The van der Waals surface area contributed by atoms with Crippen LogP contribution in [-0.2, 0) is 6.54 Å². The fraction of sp³-hybridized carbons (Fsp3) is 0.600. The first-order valence-electron chi connectivity index (χ1n) is 6.81. The van der Waals surface area contributed by atoms with Crippen LogP contribution in [0.5, 0.6) is 5.75 Å². The van der Waals surface area contributed by atoms with Gasteiger partial charge in [-0.3, -0.25) is 9.80 Å². The van der Waals surface area contributed by atoms with Crippen molar-refractivity contribution in [2.24, 2.45) is 0 Å². The molecule has 0 bridgehead atoms. The standard InChI is InChI=1S/C15H23ClN2O/c1-15(2,3)18-8-6-17(7-9-18)11-12-4-5-13(16)10-14(12)19/h4-5,10,19H,6-9,11H2,1-3H3. The van der Waals surface area contributed by atoms with Gasteiger partial charge in [0.05, 0.1) is 0 Å². The highest BCUT2D eigenvalue weighted by Gasteiger charge is 2.25. The van der Waals surface area contributed by atoms with Gasteiger partial charge in [0, 0.05) is 48.8 Å². The molecule has 0 saturated carbocycles. The van der Waals surface area contributed by atoms with E-state index in [-0.39, 0.29) is 5.54 Å². The van der Waals surface area contributed by atoms with Gasteiger partial charge in [-0.15, -0.1) is 0 Å². The highest BCUT2D eigenvalue weighted by Crippen LogP contribution is 2.24. The molecule has 2 rings (SSSR count). The van der Waals surface area contributed by atoms with Crippen LogP contribution in [0, 0.1) is 0 Å². The largest absolute Gasteiger partial charge is 0.508 e. The Morgan fingerprint density at radius 3 is 2.32 bits per heavy atom. The minimum atomic E-state index is 0.245. The molecule has 106 valence electrons. The van der Waals surface area contributed by atoms with Crippen molar-refractivity contribution in [2.75, 3.05) is 26.2 Å². The maximum atomic E-state index is 9.88. The lowest BCUT2D eigenvalue weighted by Crippen LogP contribution is -2.53. The van der Waals surface area contributed by atoms with Crippen LogP contribution >= 0.6 is 11.6 Å². The fourth-order valence-electron chi connectivity index (χ4n) is 2.49. The summed E-state index contributed by atoms with van der Waals surface area (Å²) < 4.78 is 0. The van der Waals surface area contributed by atoms with Crippen LogP contribution in [0.4, 0.5) is 0 Å². The molecule has 0 spiro atoms. The van der Waals surface area contributed by atoms with Gasteiger partial charge in [-0.1, -0.05) is 17.7 Å². The second kappa shape index (κ2) is 5.70. The molecule has 0 atom stereocenters. The zero-order chi connectivity index (χ0) is 14.0. The van der Waals surface area contributed by atoms with Crippen molar-refractivity contribution in [3.05, 3.63) is 28.8 Å². The van der Waals surface area contributed by atoms with E-state index < -0.39 is 0 Å². The molecule has 1 aliphatic heterocycles. The molecule has 3 nitrogen and oxygen atoms in total. The molecule has 1 N–H and O–H groups in total. The van der Waals surface area contributed by atoms with Gasteiger partial charge < -0.3 is 5.11 Å². The third-order valence-corrected chi connectivity index (χ3v) is 4.00. The van der Waals surface area contributed by atoms with E-state index >= 15 is 0 Å². The van der Waals surface area contributed by atoms with Crippen LogP contribution in [0.3, 0.4) is 0 Å². The third-order valence-electron chi connectivity index (χ3n) is 3.76. The summed E-state index contributed by atoms with van der Waals surface area (Å²) >= 11 is 5.85. The van der Waals surface area contributed by atoms with Gasteiger partial charge in [-0.2, -0.15) is 0 Å². The Morgan fingerprint density at radius 2 is 1.79 bits per heavy atom. The van der Waals surface area contributed by atoms with Gasteiger partial charge in [0.15, 0.2) is 0 Å². The van der Waals surface area contributed by atoms with Crippen molar-refractivity contribution in [1.82, 2.24) is 9.80 Å². The summed E-state index contributed by atoms with van der Waals surface area (Å²) in [6, 6.07) is 5.36. The Hall–Kier alpha value is -0.770. The van der Waals surface area contributed by atoms with Crippen LogP contribution in [0.25, 0.3) is 0 Å². The molecule has 1 fully saturated rings. The Bertz CT molecular complexity index is 434. The van der Waals surface area contributed by atoms with Crippen LogP contribution in [0.2, 0.25) is 5.02 Å². The number of hydrogen-bond acceptors (Lipinski definition) is 3. The van der Waals surface area contributed by atoms with Crippen molar-refractivity contribution in [3.8, 4) is 5.75 Å². The van der Waals surface area contributed by atoms with Crippen molar-refractivity contribution in [2.45, 2.75) is 32.9 Å². The van der Waals surface area contributed by atoms with Crippen molar-refractivity contribution in [3.63, 3.8) is 0 Å². The van der Waals surface area contributed by atoms with Gasteiger partial charge in [-0.25, -0.2) is 0 Å². The van der Waals surface area contributed by atoms with Crippen LogP contribution in [0.15, 0.2) is 18.2 Å². The summed E-state index contributed by atoms with van der Waals surface area (Å²) in [4.78, 5) is 4.89. The summed E-state index contributed by atoms with van der Waals surface area (Å²) in [5, 5.41) is 10.5. The number of halogens is 1. The van der Waals surface area contributed by atoms with E-state index in [0.717, 1.165) is 38.3 Å². The van der Waals surface area contributed by atoms with Crippen molar-refractivity contribution >= 4 is 11.6 Å². The normalized spacial score (nSPS) is 18.7. The molecule has 19 heavy (non-hydrogen) atoms. The number of rotatable bonds is 2. The molecule has 1 heterocycles. The fourth-order valence-corrected chi connectivity index (χ4v) is 2.65. The maximum absolute atomic E-state index is 9.88. The highest BCUT2D eigenvalue weighted by atomic mass is 35.5. The molecule has 0 unspecified atom stereocenters. The summed E-state index contributed by atoms with van der Waals surface area (Å²) in [6.45, 7) is 11.8. The van der Waals surface area contributed by atoms with Gasteiger partial charge in [0.2, 0.25) is 0 Å². The van der Waals surface area contributed by atoms with E-state index in [9.17, 15) is 5.11 Å². The van der Waals surface area contributed by atoms with E-state index in [0.29, 0.717) is 10.8 Å². The molecular formula is C15H23ClN2O. The number of phenolic OH excluding ortho intramolecular Hbond substituents is 1. The Morgan fingerprint density at radius 1 is 1.16 bits per heavy atom. The Balaban J connectivity index is 1.92. The molecule has 1 aliphatic rings. The lowest BCUT2D eigenvalue weighted by molar-refractivity contribution is 0.0588. The van der Waals surface area contributed by atoms with E-state index in [1.54, 1.807) is 6.07 Å². The first kappa shape index (κ1) is 14.6. The molecule has 0 aliphatic carbocycles. The first-order chi connectivity index (χ1) is 8.86. The second-order valence-corrected chi connectivity index (χ2v) is 6.64. The van der Waals surface area contributed by atoms with Crippen LogP contribution in [0.1, 0.15) is 26.3 Å².